The van der Waals surface area contributed by atoms with Crippen LogP contribution in [0.25, 0.3) is 0 Å². The van der Waals surface area contributed by atoms with Crippen LogP contribution in [0.15, 0.2) is 42.5 Å². The summed E-state index contributed by atoms with van der Waals surface area (Å²) in [5, 5.41) is 3.66. The molecule has 1 aliphatic rings. The zero-order valence-electron chi connectivity index (χ0n) is 17.7. The predicted molar refractivity (Wildman–Crippen MR) is 121 cm³/mol. The van der Waals surface area contributed by atoms with E-state index in [2.05, 4.69) is 23.5 Å². The number of rotatable bonds is 6. The first kappa shape index (κ1) is 22.8. The molecule has 1 N–H and O–H groups in total. The van der Waals surface area contributed by atoms with Gasteiger partial charge in [-0.05, 0) is 62.4 Å². The summed E-state index contributed by atoms with van der Waals surface area (Å²) in [6.45, 7) is 6.70. The van der Waals surface area contributed by atoms with Crippen molar-refractivity contribution in [3.8, 4) is 0 Å². The lowest BCUT2D eigenvalue weighted by Crippen LogP contribution is -2.46. The van der Waals surface area contributed by atoms with Gasteiger partial charge in [-0.3, -0.25) is 4.79 Å². The first-order valence-corrected chi connectivity index (χ1v) is 12.2. The van der Waals surface area contributed by atoms with Crippen LogP contribution in [0.4, 0.5) is 0 Å². The van der Waals surface area contributed by atoms with E-state index in [9.17, 15) is 13.2 Å². The zero-order valence-corrected chi connectivity index (χ0v) is 19.3. The van der Waals surface area contributed by atoms with Crippen molar-refractivity contribution in [2.75, 3.05) is 13.1 Å². The van der Waals surface area contributed by atoms with Crippen molar-refractivity contribution in [2.45, 2.75) is 45.4 Å². The summed E-state index contributed by atoms with van der Waals surface area (Å²) in [7, 11) is -3.50. The van der Waals surface area contributed by atoms with E-state index in [-0.39, 0.29) is 30.2 Å². The number of piperidine rings is 1. The van der Waals surface area contributed by atoms with Crippen molar-refractivity contribution in [2.24, 2.45) is 5.92 Å². The smallest absolute Gasteiger partial charge is 0.224 e. The quantitative estimate of drug-likeness (QED) is 0.713. The van der Waals surface area contributed by atoms with E-state index in [4.69, 9.17) is 11.6 Å². The monoisotopic (exact) mass is 448 g/mol. The highest BCUT2D eigenvalue weighted by Gasteiger charge is 2.33. The van der Waals surface area contributed by atoms with Crippen LogP contribution in [0.2, 0.25) is 5.02 Å². The molecule has 1 aliphatic heterocycles. The summed E-state index contributed by atoms with van der Waals surface area (Å²) >= 11 is 5.89. The molecule has 2 aromatic carbocycles. The third-order valence-electron chi connectivity index (χ3n) is 5.67. The Kier molecular flexibility index (Phi) is 7.22. The van der Waals surface area contributed by atoms with Crippen LogP contribution in [-0.2, 0) is 20.6 Å². The van der Waals surface area contributed by atoms with Gasteiger partial charge in [0.05, 0.1) is 17.7 Å². The van der Waals surface area contributed by atoms with Gasteiger partial charge in [0.2, 0.25) is 15.9 Å². The minimum Gasteiger partial charge on any atom is -0.349 e. The largest absolute Gasteiger partial charge is 0.349 e. The van der Waals surface area contributed by atoms with E-state index in [1.54, 1.807) is 24.3 Å². The molecule has 0 radical (unpaired) electrons. The summed E-state index contributed by atoms with van der Waals surface area (Å²) in [6.07, 6.45) is 1.37. The Bertz CT molecular complexity index is 1010. The number of amides is 1. The van der Waals surface area contributed by atoms with E-state index in [0.717, 1.165) is 16.7 Å². The summed E-state index contributed by atoms with van der Waals surface area (Å²) in [6, 6.07) is 12.9. The number of halogens is 1. The Morgan fingerprint density at radius 3 is 2.60 bits per heavy atom. The highest BCUT2D eigenvalue weighted by molar-refractivity contribution is 7.88. The number of aryl methyl sites for hydroxylation is 2. The molecule has 30 heavy (non-hydrogen) atoms. The van der Waals surface area contributed by atoms with E-state index >= 15 is 0 Å². The van der Waals surface area contributed by atoms with Gasteiger partial charge in [0, 0.05) is 18.1 Å². The molecule has 0 saturated carbocycles. The standard InChI is InChI=1S/C23H29ClN2O3S/c1-16-6-7-17(2)22(13-16)18(3)25-23(27)20-5-4-12-26(14-20)30(28,29)15-19-8-10-21(24)11-9-19/h6-11,13,18,20H,4-5,12,14-15H2,1-3H3,(H,25,27). The molecule has 7 heteroatoms. The van der Waals surface area contributed by atoms with Gasteiger partial charge in [0.25, 0.3) is 0 Å². The van der Waals surface area contributed by atoms with Gasteiger partial charge in [0.15, 0.2) is 0 Å². The van der Waals surface area contributed by atoms with Gasteiger partial charge in [-0.25, -0.2) is 12.7 Å². The molecule has 0 bridgehead atoms. The molecular formula is C23H29ClN2O3S. The van der Waals surface area contributed by atoms with Crippen molar-refractivity contribution in [1.82, 2.24) is 9.62 Å². The van der Waals surface area contributed by atoms with Crippen LogP contribution in [0, 0.1) is 19.8 Å². The highest BCUT2D eigenvalue weighted by Crippen LogP contribution is 2.24. The van der Waals surface area contributed by atoms with Crippen LogP contribution < -0.4 is 5.32 Å². The second-order valence-electron chi connectivity index (χ2n) is 8.17. The van der Waals surface area contributed by atoms with Gasteiger partial charge in [0.1, 0.15) is 0 Å². The fourth-order valence-electron chi connectivity index (χ4n) is 3.93. The van der Waals surface area contributed by atoms with Gasteiger partial charge < -0.3 is 5.32 Å². The number of hydrogen-bond acceptors (Lipinski definition) is 3. The Hall–Kier alpha value is -1.89. The van der Waals surface area contributed by atoms with Crippen molar-refractivity contribution in [3.63, 3.8) is 0 Å². The lowest BCUT2D eigenvalue weighted by molar-refractivity contribution is -0.126. The van der Waals surface area contributed by atoms with Crippen LogP contribution in [0.1, 0.15) is 48.1 Å². The number of nitrogens with zero attached hydrogens (tertiary/aromatic N) is 1. The topological polar surface area (TPSA) is 66.5 Å². The summed E-state index contributed by atoms with van der Waals surface area (Å²) in [4.78, 5) is 12.9. The second-order valence-corrected chi connectivity index (χ2v) is 10.6. The van der Waals surface area contributed by atoms with E-state index in [0.29, 0.717) is 30.0 Å². The van der Waals surface area contributed by atoms with Crippen molar-refractivity contribution in [3.05, 3.63) is 69.7 Å². The first-order chi connectivity index (χ1) is 14.2. The summed E-state index contributed by atoms with van der Waals surface area (Å²) < 4.78 is 27.2. The molecule has 2 aromatic rings. The lowest BCUT2D eigenvalue weighted by atomic mass is 9.96. The number of carbonyl (C=O) groups excluding carboxylic acids is 1. The molecule has 0 aliphatic carbocycles. The molecule has 0 spiro atoms. The molecule has 1 amide bonds. The molecule has 0 aromatic heterocycles. The van der Waals surface area contributed by atoms with Crippen molar-refractivity contribution in [1.29, 1.82) is 0 Å². The maximum absolute atomic E-state index is 12.9. The summed E-state index contributed by atoms with van der Waals surface area (Å²) in [5.41, 5.74) is 4.05. The van der Waals surface area contributed by atoms with Crippen LogP contribution >= 0.6 is 11.6 Å². The fraction of sp³-hybridized carbons (Fsp3) is 0.435. The number of hydrogen-bond donors (Lipinski definition) is 1. The molecular weight excluding hydrogens is 420 g/mol. The van der Waals surface area contributed by atoms with Gasteiger partial charge >= 0.3 is 0 Å². The SMILES string of the molecule is Cc1ccc(C)c(C(C)NC(=O)C2CCCN(S(=O)(=O)Cc3ccc(Cl)cc3)C2)c1. The molecule has 1 fully saturated rings. The molecule has 3 rings (SSSR count). The van der Waals surface area contributed by atoms with Crippen LogP contribution in [-0.4, -0.2) is 31.7 Å². The van der Waals surface area contributed by atoms with Gasteiger partial charge in [-0.1, -0.05) is 47.5 Å². The average Bonchev–Trinajstić information content (AvgIpc) is 2.71. The molecule has 2 unspecified atom stereocenters. The molecule has 1 saturated heterocycles. The van der Waals surface area contributed by atoms with Crippen LogP contribution in [0.3, 0.4) is 0 Å². The molecule has 2 atom stereocenters. The highest BCUT2D eigenvalue weighted by atomic mass is 35.5. The lowest BCUT2D eigenvalue weighted by Gasteiger charge is -2.32. The van der Waals surface area contributed by atoms with E-state index < -0.39 is 10.0 Å². The third-order valence-corrected chi connectivity index (χ3v) is 7.74. The number of sulfonamides is 1. The van der Waals surface area contributed by atoms with Gasteiger partial charge in [-0.2, -0.15) is 0 Å². The average molecular weight is 449 g/mol. The first-order valence-electron chi connectivity index (χ1n) is 10.3. The minimum atomic E-state index is -3.50. The molecule has 162 valence electrons. The summed E-state index contributed by atoms with van der Waals surface area (Å²) in [5.74, 6) is -0.515. The number of carbonyl (C=O) groups is 1. The maximum Gasteiger partial charge on any atom is 0.224 e. The number of benzene rings is 2. The third kappa shape index (κ3) is 5.62. The fourth-order valence-corrected chi connectivity index (χ4v) is 5.66. The molecule has 1 heterocycles. The van der Waals surface area contributed by atoms with Crippen molar-refractivity contribution < 1.29 is 13.2 Å². The predicted octanol–water partition coefficient (Wildman–Crippen LogP) is 4.38. The second kappa shape index (κ2) is 9.50. The van der Waals surface area contributed by atoms with E-state index in [1.165, 1.54) is 4.31 Å². The Morgan fingerprint density at radius 1 is 1.20 bits per heavy atom. The number of nitrogens with one attached hydrogen (secondary N) is 1. The Morgan fingerprint density at radius 2 is 1.90 bits per heavy atom. The normalized spacial score (nSPS) is 18.7. The zero-order chi connectivity index (χ0) is 21.9. The Labute approximate surface area is 184 Å². The van der Waals surface area contributed by atoms with Gasteiger partial charge in [-0.15, -0.1) is 0 Å². The maximum atomic E-state index is 12.9. The van der Waals surface area contributed by atoms with Crippen LogP contribution in [0.5, 0.6) is 0 Å². The molecule has 5 nitrogen and oxygen atoms in total. The minimum absolute atomic E-state index is 0.0859. The van der Waals surface area contributed by atoms with E-state index in [1.807, 2.05) is 20.8 Å². The Balaban J connectivity index is 1.65. The van der Waals surface area contributed by atoms with Crippen molar-refractivity contribution >= 4 is 27.5 Å².